The molecule has 4 rings (SSSR count). The molecule has 1 aromatic heterocycles. The lowest BCUT2D eigenvalue weighted by atomic mass is 10.2. The second-order valence-corrected chi connectivity index (χ2v) is 6.51. The van der Waals surface area contributed by atoms with Gasteiger partial charge >= 0.3 is 0 Å². The molecule has 0 bridgehead atoms. The van der Waals surface area contributed by atoms with Crippen LogP contribution in [0.5, 0.6) is 0 Å². The van der Waals surface area contributed by atoms with Crippen LogP contribution < -0.4 is 15.6 Å². The summed E-state index contributed by atoms with van der Waals surface area (Å²) in [5, 5.41) is 3.40. The van der Waals surface area contributed by atoms with E-state index in [1.807, 2.05) is 18.2 Å². The topological polar surface area (TPSA) is 62.6 Å². The molecule has 3 aromatic rings. The summed E-state index contributed by atoms with van der Waals surface area (Å²) in [5.41, 5.74) is 1.39. The molecule has 1 fully saturated rings. The van der Waals surface area contributed by atoms with Gasteiger partial charge in [0.05, 0.1) is 5.39 Å². The SMILES string of the molecule is O=C(NCC1CCCN1c1ccccc1)c1cc(=O)c2ccccc2o1. The second kappa shape index (κ2) is 7.04. The first kappa shape index (κ1) is 16.4. The number of rotatable bonds is 4. The number of hydrogen-bond donors (Lipinski definition) is 1. The molecule has 1 aliphatic heterocycles. The van der Waals surface area contributed by atoms with Crippen LogP contribution in [-0.2, 0) is 0 Å². The Bertz CT molecular complexity index is 981. The van der Waals surface area contributed by atoms with Crippen LogP contribution in [0.1, 0.15) is 23.4 Å². The van der Waals surface area contributed by atoms with Crippen LogP contribution in [0.3, 0.4) is 0 Å². The number of benzene rings is 2. The highest BCUT2D eigenvalue weighted by Gasteiger charge is 2.25. The Balaban J connectivity index is 1.48. The Labute approximate surface area is 151 Å². The lowest BCUT2D eigenvalue weighted by Crippen LogP contribution is -2.40. The molecule has 5 heteroatoms. The number of carbonyl (C=O) groups excluding carboxylic acids is 1. The molecule has 1 aliphatic rings. The van der Waals surface area contributed by atoms with E-state index in [9.17, 15) is 9.59 Å². The van der Waals surface area contributed by atoms with E-state index in [4.69, 9.17) is 4.42 Å². The van der Waals surface area contributed by atoms with Crippen molar-refractivity contribution >= 4 is 22.6 Å². The van der Waals surface area contributed by atoms with E-state index in [0.29, 0.717) is 17.5 Å². The summed E-state index contributed by atoms with van der Waals surface area (Å²) in [5.74, 6) is -0.300. The lowest BCUT2D eigenvalue weighted by Gasteiger charge is -2.27. The molecular weight excluding hydrogens is 328 g/mol. The van der Waals surface area contributed by atoms with Crippen LogP contribution >= 0.6 is 0 Å². The summed E-state index contributed by atoms with van der Waals surface area (Å²) >= 11 is 0. The zero-order chi connectivity index (χ0) is 17.9. The number of nitrogens with zero attached hydrogens (tertiary/aromatic N) is 1. The fourth-order valence-electron chi connectivity index (χ4n) is 3.52. The predicted octanol–water partition coefficient (Wildman–Crippen LogP) is 3.19. The van der Waals surface area contributed by atoms with Crippen molar-refractivity contribution in [3.63, 3.8) is 0 Å². The Morgan fingerprint density at radius 1 is 1.12 bits per heavy atom. The first-order valence-electron chi connectivity index (χ1n) is 8.85. The average Bonchev–Trinajstić information content (AvgIpc) is 3.15. The molecular formula is C21H20N2O3. The third-order valence-electron chi connectivity index (χ3n) is 4.82. The minimum absolute atomic E-state index is 0.0537. The van der Waals surface area contributed by atoms with E-state index in [1.54, 1.807) is 24.3 Å². The number of anilines is 1. The van der Waals surface area contributed by atoms with Crippen molar-refractivity contribution in [2.75, 3.05) is 18.0 Å². The maximum absolute atomic E-state index is 12.5. The first-order valence-corrected chi connectivity index (χ1v) is 8.85. The largest absolute Gasteiger partial charge is 0.451 e. The van der Waals surface area contributed by atoms with Gasteiger partial charge in [0.2, 0.25) is 0 Å². The van der Waals surface area contributed by atoms with Crippen molar-refractivity contribution in [3.8, 4) is 0 Å². The van der Waals surface area contributed by atoms with Crippen molar-refractivity contribution in [3.05, 3.63) is 76.6 Å². The molecule has 2 aromatic carbocycles. The van der Waals surface area contributed by atoms with Gasteiger partial charge in [-0.05, 0) is 37.1 Å². The number of nitrogens with one attached hydrogen (secondary N) is 1. The van der Waals surface area contributed by atoms with E-state index in [2.05, 4.69) is 22.3 Å². The highest BCUT2D eigenvalue weighted by Crippen LogP contribution is 2.24. The maximum atomic E-state index is 12.5. The Kier molecular flexibility index (Phi) is 4.44. The molecule has 0 radical (unpaired) electrons. The minimum Gasteiger partial charge on any atom is -0.451 e. The van der Waals surface area contributed by atoms with Crippen LogP contribution in [0.25, 0.3) is 11.0 Å². The number of fused-ring (bicyclic) bond motifs is 1. The summed E-state index contributed by atoms with van der Waals surface area (Å²) in [4.78, 5) is 26.9. The summed E-state index contributed by atoms with van der Waals surface area (Å²) in [6.07, 6.45) is 2.12. The maximum Gasteiger partial charge on any atom is 0.287 e. The van der Waals surface area contributed by atoms with Crippen molar-refractivity contribution in [2.45, 2.75) is 18.9 Å². The van der Waals surface area contributed by atoms with Crippen molar-refractivity contribution < 1.29 is 9.21 Å². The van der Waals surface area contributed by atoms with Crippen molar-refractivity contribution in [1.82, 2.24) is 5.32 Å². The zero-order valence-electron chi connectivity index (χ0n) is 14.4. The monoisotopic (exact) mass is 348 g/mol. The van der Waals surface area contributed by atoms with E-state index < -0.39 is 0 Å². The quantitative estimate of drug-likeness (QED) is 0.786. The van der Waals surface area contributed by atoms with Crippen LogP contribution in [0.2, 0.25) is 0 Å². The third kappa shape index (κ3) is 3.20. The first-order chi connectivity index (χ1) is 12.7. The van der Waals surface area contributed by atoms with E-state index in [0.717, 1.165) is 19.4 Å². The number of hydrogen-bond acceptors (Lipinski definition) is 4. The molecule has 0 saturated carbocycles. The van der Waals surface area contributed by atoms with E-state index in [-0.39, 0.29) is 23.1 Å². The molecule has 0 spiro atoms. The molecule has 1 unspecified atom stereocenters. The number of para-hydroxylation sites is 2. The van der Waals surface area contributed by atoms with E-state index in [1.165, 1.54) is 11.8 Å². The molecule has 1 saturated heterocycles. The Morgan fingerprint density at radius 3 is 2.73 bits per heavy atom. The predicted molar refractivity (Wildman–Crippen MR) is 102 cm³/mol. The summed E-state index contributed by atoms with van der Waals surface area (Å²) in [7, 11) is 0. The third-order valence-corrected chi connectivity index (χ3v) is 4.82. The van der Waals surface area contributed by atoms with Crippen LogP contribution in [0.15, 0.2) is 69.9 Å². The minimum atomic E-state index is -0.354. The van der Waals surface area contributed by atoms with Gasteiger partial charge in [0.15, 0.2) is 11.2 Å². The normalized spacial score (nSPS) is 16.8. The van der Waals surface area contributed by atoms with Gasteiger partial charge in [-0.15, -0.1) is 0 Å². The summed E-state index contributed by atoms with van der Waals surface area (Å²) < 4.78 is 5.61. The zero-order valence-corrected chi connectivity index (χ0v) is 14.4. The van der Waals surface area contributed by atoms with Crippen LogP contribution in [0.4, 0.5) is 5.69 Å². The molecule has 26 heavy (non-hydrogen) atoms. The van der Waals surface area contributed by atoms with Gasteiger partial charge in [-0.1, -0.05) is 30.3 Å². The van der Waals surface area contributed by atoms with Gasteiger partial charge in [0, 0.05) is 30.9 Å². The molecule has 1 N–H and O–H groups in total. The fourth-order valence-corrected chi connectivity index (χ4v) is 3.52. The van der Waals surface area contributed by atoms with Gasteiger partial charge in [-0.2, -0.15) is 0 Å². The summed E-state index contributed by atoms with van der Waals surface area (Å²) in [6.45, 7) is 1.50. The van der Waals surface area contributed by atoms with Crippen molar-refractivity contribution in [2.24, 2.45) is 0 Å². The fraction of sp³-hybridized carbons (Fsp3) is 0.238. The molecule has 132 valence electrons. The second-order valence-electron chi connectivity index (χ2n) is 6.51. The average molecular weight is 348 g/mol. The Hall–Kier alpha value is -3.08. The molecule has 0 aliphatic carbocycles. The molecule has 1 amide bonds. The van der Waals surface area contributed by atoms with E-state index >= 15 is 0 Å². The molecule has 2 heterocycles. The van der Waals surface area contributed by atoms with Crippen LogP contribution in [-0.4, -0.2) is 25.0 Å². The smallest absolute Gasteiger partial charge is 0.287 e. The van der Waals surface area contributed by atoms with Gasteiger partial charge in [0.1, 0.15) is 5.58 Å². The molecule has 5 nitrogen and oxygen atoms in total. The highest BCUT2D eigenvalue weighted by atomic mass is 16.3. The lowest BCUT2D eigenvalue weighted by molar-refractivity contribution is 0.0924. The van der Waals surface area contributed by atoms with Gasteiger partial charge in [-0.3, -0.25) is 9.59 Å². The number of carbonyl (C=O) groups is 1. The Morgan fingerprint density at radius 2 is 1.88 bits per heavy atom. The summed E-state index contributed by atoms with van der Waals surface area (Å²) in [6, 6.07) is 18.7. The van der Waals surface area contributed by atoms with Gasteiger partial charge < -0.3 is 14.6 Å². The number of amides is 1. The van der Waals surface area contributed by atoms with Gasteiger partial charge in [0.25, 0.3) is 5.91 Å². The molecule has 1 atom stereocenters. The van der Waals surface area contributed by atoms with Crippen molar-refractivity contribution in [1.29, 1.82) is 0 Å². The van der Waals surface area contributed by atoms with Crippen LogP contribution in [0, 0.1) is 0 Å². The highest BCUT2D eigenvalue weighted by molar-refractivity contribution is 5.93. The van der Waals surface area contributed by atoms with Gasteiger partial charge in [-0.25, -0.2) is 0 Å². The standard InChI is InChI=1S/C21H20N2O3/c24-18-13-20(26-19-11-5-4-10-17(18)19)21(25)22-14-16-9-6-12-23(16)15-7-2-1-3-8-15/h1-5,7-8,10-11,13,16H,6,9,12,14H2,(H,22,25).